The molecule has 0 N–H and O–H groups in total. The molecule has 0 radical (unpaired) electrons. The van der Waals surface area contributed by atoms with E-state index in [1.807, 2.05) is 43.5 Å². The number of hydrogen-bond donors (Lipinski definition) is 0. The number of carbonyl (C=O) groups excluding carboxylic acids is 1. The third kappa shape index (κ3) is 3.70. The fourth-order valence-electron chi connectivity index (χ4n) is 1.08. The summed E-state index contributed by atoms with van der Waals surface area (Å²) in [5, 5.41) is 0.915. The zero-order valence-corrected chi connectivity index (χ0v) is 10.6. The summed E-state index contributed by atoms with van der Waals surface area (Å²) in [6, 6.07) is 9.64. The minimum absolute atomic E-state index is 0.311. The molecule has 0 saturated carbocycles. The number of carbonyl (C=O) groups is 1. The number of thioether (sulfide) groups is 1. The van der Waals surface area contributed by atoms with Crippen molar-refractivity contribution in [2.75, 3.05) is 13.3 Å². The van der Waals surface area contributed by atoms with Crippen LogP contribution in [0.5, 0.6) is 0 Å². The third-order valence-corrected chi connectivity index (χ3v) is 3.11. The van der Waals surface area contributed by atoms with E-state index >= 15 is 0 Å². The Kier molecular flexibility index (Phi) is 5.05. The minimum Gasteiger partial charge on any atom is -0.407 e. The molecule has 0 atom stereocenters. The second-order valence-corrected chi connectivity index (χ2v) is 4.32. The zero-order chi connectivity index (χ0) is 12.0. The normalized spacial score (nSPS) is 11.9. The molecule has 0 aromatic heterocycles. The van der Waals surface area contributed by atoms with Gasteiger partial charge in [-0.1, -0.05) is 42.1 Å². The highest BCUT2D eigenvalue weighted by Gasteiger charge is 2.17. The van der Waals surface area contributed by atoms with Gasteiger partial charge in [-0.15, -0.1) is 4.58 Å². The smallest absolute Gasteiger partial charge is 0.407 e. The topological polar surface area (TPSA) is 29.3 Å². The van der Waals surface area contributed by atoms with E-state index in [4.69, 9.17) is 4.74 Å². The maximum atomic E-state index is 11.6. The Hall–Kier alpha value is -1.29. The molecule has 0 heterocycles. The van der Waals surface area contributed by atoms with Crippen molar-refractivity contribution in [1.29, 1.82) is 0 Å². The van der Waals surface area contributed by atoms with Crippen molar-refractivity contribution in [2.24, 2.45) is 0 Å². The summed E-state index contributed by atoms with van der Waals surface area (Å²) in [4.78, 5) is 11.6. The number of nitrogens with zero attached hydrogens (tertiary/aromatic N) is 1. The first-order valence-electron chi connectivity index (χ1n) is 4.97. The molecule has 0 spiro atoms. The van der Waals surface area contributed by atoms with E-state index in [1.165, 1.54) is 16.3 Å². The van der Waals surface area contributed by atoms with E-state index < -0.39 is 0 Å². The summed E-state index contributed by atoms with van der Waals surface area (Å²) in [6.07, 6.45) is 1.60. The molecule has 1 rings (SSSR count). The van der Waals surface area contributed by atoms with Gasteiger partial charge in [0.05, 0.1) is 0 Å². The Labute approximate surface area is 100 Å². The molecule has 3 nitrogen and oxygen atoms in total. The molecule has 0 saturated heterocycles. The first kappa shape index (κ1) is 12.8. The molecular weight excluding hydrogens is 222 g/mol. The number of rotatable bonds is 2. The Morgan fingerprint density at radius 3 is 2.56 bits per heavy atom. The SMILES string of the molecule is CSC(C)=[N+](C)C(=O)OCc1ccccc1. The third-order valence-electron chi connectivity index (χ3n) is 2.25. The molecule has 4 heteroatoms. The molecule has 0 unspecified atom stereocenters. The lowest BCUT2D eigenvalue weighted by molar-refractivity contribution is -0.412. The Morgan fingerprint density at radius 2 is 2.00 bits per heavy atom. The highest BCUT2D eigenvalue weighted by molar-refractivity contribution is 8.13. The molecular formula is C12H16NO2S+. The van der Waals surface area contributed by atoms with Gasteiger partial charge in [-0.05, 0) is 11.8 Å². The molecule has 16 heavy (non-hydrogen) atoms. The first-order valence-corrected chi connectivity index (χ1v) is 6.19. The molecule has 0 fully saturated rings. The van der Waals surface area contributed by atoms with E-state index in [1.54, 1.807) is 7.05 Å². The monoisotopic (exact) mass is 238 g/mol. The molecule has 86 valence electrons. The van der Waals surface area contributed by atoms with Gasteiger partial charge in [-0.3, -0.25) is 0 Å². The summed E-state index contributed by atoms with van der Waals surface area (Å²) in [5.74, 6) is 0. The summed E-state index contributed by atoms with van der Waals surface area (Å²) < 4.78 is 6.67. The Morgan fingerprint density at radius 1 is 1.38 bits per heavy atom. The molecule has 0 aliphatic carbocycles. The number of hydrogen-bond acceptors (Lipinski definition) is 3. The molecule has 1 aromatic carbocycles. The van der Waals surface area contributed by atoms with Gasteiger partial charge in [0.1, 0.15) is 13.7 Å². The van der Waals surface area contributed by atoms with E-state index in [0.29, 0.717) is 6.61 Å². The van der Waals surface area contributed by atoms with E-state index in [9.17, 15) is 4.79 Å². The zero-order valence-electron chi connectivity index (χ0n) is 9.77. The van der Waals surface area contributed by atoms with Crippen molar-refractivity contribution in [3.05, 3.63) is 35.9 Å². The lowest BCUT2D eigenvalue weighted by Gasteiger charge is -2.01. The van der Waals surface area contributed by atoms with Gasteiger partial charge in [-0.25, -0.2) is 0 Å². The van der Waals surface area contributed by atoms with Crippen LogP contribution < -0.4 is 0 Å². The van der Waals surface area contributed by atoms with Gasteiger partial charge in [0.2, 0.25) is 5.04 Å². The predicted octanol–water partition coefficient (Wildman–Crippen LogP) is 2.75. The molecule has 1 amide bonds. The van der Waals surface area contributed by atoms with Crippen LogP contribution in [0.2, 0.25) is 0 Å². The minimum atomic E-state index is -0.323. The number of benzene rings is 1. The quantitative estimate of drug-likeness (QED) is 0.451. The van der Waals surface area contributed by atoms with Crippen LogP contribution in [-0.2, 0) is 11.3 Å². The van der Waals surface area contributed by atoms with Gasteiger partial charge in [-0.2, -0.15) is 4.79 Å². The summed E-state index contributed by atoms with van der Waals surface area (Å²) in [5.41, 5.74) is 0.992. The van der Waals surface area contributed by atoms with Crippen LogP contribution in [-0.4, -0.2) is 29.0 Å². The fraction of sp³-hybridized carbons (Fsp3) is 0.333. The van der Waals surface area contributed by atoms with Crippen molar-refractivity contribution in [3.63, 3.8) is 0 Å². The standard InChI is InChI=1S/C12H16NO2S/c1-10(16-3)13(2)12(14)15-9-11-7-5-4-6-8-11/h4-8H,9H2,1-3H3/q+1. The van der Waals surface area contributed by atoms with Gasteiger partial charge in [0.25, 0.3) is 0 Å². The van der Waals surface area contributed by atoms with Crippen molar-refractivity contribution in [2.45, 2.75) is 13.5 Å². The van der Waals surface area contributed by atoms with Crippen LogP contribution in [0.3, 0.4) is 0 Å². The van der Waals surface area contributed by atoms with Crippen molar-refractivity contribution in [1.82, 2.24) is 0 Å². The molecule has 1 aromatic rings. The van der Waals surface area contributed by atoms with Gasteiger partial charge < -0.3 is 4.74 Å². The predicted molar refractivity (Wildman–Crippen MR) is 67.0 cm³/mol. The van der Waals surface area contributed by atoms with Crippen molar-refractivity contribution >= 4 is 22.9 Å². The van der Waals surface area contributed by atoms with E-state index in [-0.39, 0.29) is 6.09 Å². The highest BCUT2D eigenvalue weighted by Crippen LogP contribution is 2.02. The molecule has 0 bridgehead atoms. The lowest BCUT2D eigenvalue weighted by atomic mass is 10.2. The lowest BCUT2D eigenvalue weighted by Crippen LogP contribution is -2.21. The number of amides is 1. The van der Waals surface area contributed by atoms with Gasteiger partial charge in [0.15, 0.2) is 0 Å². The van der Waals surface area contributed by atoms with E-state index in [0.717, 1.165) is 10.6 Å². The fourth-order valence-corrected chi connectivity index (χ4v) is 1.43. The molecule has 0 aliphatic rings. The van der Waals surface area contributed by atoms with E-state index in [2.05, 4.69) is 0 Å². The van der Waals surface area contributed by atoms with Crippen molar-refractivity contribution in [3.8, 4) is 0 Å². The van der Waals surface area contributed by atoms with Crippen LogP contribution in [0.15, 0.2) is 30.3 Å². The van der Waals surface area contributed by atoms with Crippen molar-refractivity contribution < 1.29 is 14.1 Å². The second-order valence-electron chi connectivity index (χ2n) is 3.32. The van der Waals surface area contributed by atoms with Gasteiger partial charge in [0, 0.05) is 6.92 Å². The van der Waals surface area contributed by atoms with Crippen LogP contribution in [0.4, 0.5) is 4.79 Å². The Balaban J connectivity index is 2.54. The second kappa shape index (κ2) is 6.33. The first-order chi connectivity index (χ1) is 7.65. The van der Waals surface area contributed by atoms with Crippen LogP contribution in [0.1, 0.15) is 12.5 Å². The maximum absolute atomic E-state index is 11.6. The summed E-state index contributed by atoms with van der Waals surface area (Å²) >= 11 is 1.52. The maximum Gasteiger partial charge on any atom is 0.597 e. The largest absolute Gasteiger partial charge is 0.597 e. The average Bonchev–Trinajstić information content (AvgIpc) is 2.35. The average molecular weight is 238 g/mol. The Bertz CT molecular complexity index is 387. The van der Waals surface area contributed by atoms with Crippen LogP contribution in [0, 0.1) is 0 Å². The highest BCUT2D eigenvalue weighted by atomic mass is 32.2. The van der Waals surface area contributed by atoms with Gasteiger partial charge >= 0.3 is 6.09 Å². The van der Waals surface area contributed by atoms with Crippen LogP contribution >= 0.6 is 11.8 Å². The summed E-state index contributed by atoms with van der Waals surface area (Å²) in [6.45, 7) is 2.19. The summed E-state index contributed by atoms with van der Waals surface area (Å²) in [7, 11) is 1.71. The number of ether oxygens (including phenoxy) is 1. The molecule has 0 aliphatic heterocycles. The van der Waals surface area contributed by atoms with Crippen LogP contribution in [0.25, 0.3) is 0 Å².